The average Bonchev–Trinajstić information content (AvgIpc) is 3.08. The number of aliphatic hydroxyl groups is 1. The van der Waals surface area contributed by atoms with Crippen molar-refractivity contribution in [2.75, 3.05) is 0 Å². The Kier molecular flexibility index (Phi) is 6.63. The van der Waals surface area contributed by atoms with Crippen molar-refractivity contribution in [3.05, 3.63) is 46.7 Å². The van der Waals surface area contributed by atoms with Crippen molar-refractivity contribution >= 4 is 17.4 Å². The third-order valence-corrected chi connectivity index (χ3v) is 6.37. The number of aromatic nitrogens is 2. The summed E-state index contributed by atoms with van der Waals surface area (Å²) < 4.78 is 40.2. The molecule has 1 aliphatic carbocycles. The molecular weight excluding hydrogens is 417 g/mol. The van der Waals surface area contributed by atoms with Crippen LogP contribution >= 0.6 is 11.6 Å². The summed E-state index contributed by atoms with van der Waals surface area (Å²) in [5.74, 6) is -0.675. The number of hydrogen-bond donors (Lipinski definition) is 1. The van der Waals surface area contributed by atoms with Crippen molar-refractivity contribution in [1.82, 2.24) is 9.78 Å². The number of benzene rings is 1. The minimum Gasteiger partial charge on any atom is -0.374 e. The molecule has 3 rings (SSSR count). The van der Waals surface area contributed by atoms with Crippen molar-refractivity contribution in [1.29, 1.82) is 0 Å². The van der Waals surface area contributed by atoms with Gasteiger partial charge in [0.1, 0.15) is 0 Å². The van der Waals surface area contributed by atoms with Crippen molar-refractivity contribution in [3.63, 3.8) is 0 Å². The van der Waals surface area contributed by atoms with E-state index in [4.69, 9.17) is 16.7 Å². The van der Waals surface area contributed by atoms with Crippen molar-refractivity contribution in [3.8, 4) is 5.69 Å². The van der Waals surface area contributed by atoms with Gasteiger partial charge in [-0.1, -0.05) is 11.6 Å². The molecule has 0 bridgehead atoms. The highest BCUT2D eigenvalue weighted by molar-refractivity contribution is 6.30. The van der Waals surface area contributed by atoms with Crippen LogP contribution in [0.25, 0.3) is 5.69 Å². The maximum atomic E-state index is 12.8. The molecule has 0 aliphatic heterocycles. The first-order valence-electron chi connectivity index (χ1n) is 10.1. The highest BCUT2D eigenvalue weighted by Crippen LogP contribution is 2.38. The van der Waals surface area contributed by atoms with Gasteiger partial charge in [0.05, 0.1) is 11.4 Å². The molecule has 1 fully saturated rings. The number of nitrogens with zero attached hydrogens (tertiary/aromatic N) is 2. The van der Waals surface area contributed by atoms with Gasteiger partial charge in [-0.2, -0.15) is 18.3 Å². The van der Waals surface area contributed by atoms with E-state index in [1.165, 1.54) is 0 Å². The van der Waals surface area contributed by atoms with Crippen LogP contribution in [0.4, 0.5) is 13.2 Å². The first-order chi connectivity index (χ1) is 14.0. The Labute approximate surface area is 179 Å². The molecule has 0 unspecified atom stereocenters. The molecule has 8 heteroatoms. The van der Waals surface area contributed by atoms with Gasteiger partial charge in [0.2, 0.25) is 5.60 Å². The number of hydrogen-bond acceptors (Lipinski definition) is 3. The van der Waals surface area contributed by atoms with Crippen LogP contribution in [-0.4, -0.2) is 32.4 Å². The summed E-state index contributed by atoms with van der Waals surface area (Å²) in [7, 11) is 0. The van der Waals surface area contributed by atoms with Crippen molar-refractivity contribution < 1.29 is 23.1 Å². The summed E-state index contributed by atoms with van der Waals surface area (Å²) in [6.45, 7) is 2.53. The fourth-order valence-electron chi connectivity index (χ4n) is 4.03. The van der Waals surface area contributed by atoms with Crippen LogP contribution in [0.15, 0.2) is 30.3 Å². The van der Waals surface area contributed by atoms with Gasteiger partial charge in [-0.3, -0.25) is 4.79 Å². The number of ketones is 1. The van der Waals surface area contributed by atoms with Gasteiger partial charge in [0.25, 0.3) is 0 Å². The summed E-state index contributed by atoms with van der Waals surface area (Å²) in [5.41, 5.74) is -0.297. The Morgan fingerprint density at radius 2 is 1.80 bits per heavy atom. The zero-order chi connectivity index (χ0) is 22.1. The number of halogens is 4. The molecule has 0 amide bonds. The van der Waals surface area contributed by atoms with E-state index in [1.54, 1.807) is 0 Å². The maximum Gasteiger partial charge on any atom is 0.424 e. The van der Waals surface area contributed by atoms with Crippen LogP contribution in [0, 0.1) is 12.8 Å². The highest BCUT2D eigenvalue weighted by Gasteiger charge is 2.54. The second-order valence-corrected chi connectivity index (χ2v) is 8.78. The molecule has 4 nitrogen and oxygen atoms in total. The Morgan fingerprint density at radius 1 is 1.20 bits per heavy atom. The molecule has 0 spiro atoms. The van der Waals surface area contributed by atoms with E-state index in [1.807, 2.05) is 35.9 Å². The maximum absolute atomic E-state index is 12.8. The lowest BCUT2D eigenvalue weighted by Crippen LogP contribution is -2.49. The summed E-state index contributed by atoms with van der Waals surface area (Å²) in [6, 6.07) is 9.54. The van der Waals surface area contributed by atoms with E-state index in [-0.39, 0.29) is 12.3 Å². The second kappa shape index (κ2) is 8.71. The molecule has 1 aromatic heterocycles. The molecule has 1 saturated carbocycles. The molecule has 0 radical (unpaired) electrons. The van der Waals surface area contributed by atoms with E-state index in [2.05, 4.69) is 6.07 Å². The molecule has 164 valence electrons. The number of carbonyl (C=O) groups is 1. The molecule has 2 aromatic rings. The highest BCUT2D eigenvalue weighted by atomic mass is 35.5. The van der Waals surface area contributed by atoms with E-state index in [0.717, 1.165) is 42.8 Å². The molecule has 0 saturated heterocycles. The Morgan fingerprint density at radius 3 is 2.37 bits per heavy atom. The third-order valence-electron chi connectivity index (χ3n) is 6.12. The minimum atomic E-state index is -4.94. The van der Waals surface area contributed by atoms with E-state index in [9.17, 15) is 23.1 Å². The Bertz CT molecular complexity index is 883. The van der Waals surface area contributed by atoms with Crippen LogP contribution in [0.2, 0.25) is 5.02 Å². The molecule has 30 heavy (non-hydrogen) atoms. The van der Waals surface area contributed by atoms with Gasteiger partial charge in [0, 0.05) is 23.1 Å². The number of rotatable bonds is 6. The number of alkyl halides is 3. The fraction of sp³-hybridized carbons (Fsp3) is 0.545. The SMILES string of the molecule is Cc1cc(C2CCC(CCC(=O)[C@@](C)(O)C(F)(F)F)CC2)nn1-c1ccc(Cl)cc1. The van der Waals surface area contributed by atoms with Crippen LogP contribution < -0.4 is 0 Å². The Hall–Kier alpha value is -1.86. The fourth-order valence-corrected chi connectivity index (χ4v) is 4.15. The number of Topliss-reactive ketones (excluding diaryl/α,β-unsaturated/α-hetero) is 1. The summed E-state index contributed by atoms with van der Waals surface area (Å²) in [4.78, 5) is 11.8. The molecule has 1 N–H and O–H groups in total. The summed E-state index contributed by atoms with van der Waals surface area (Å²) in [6.07, 6.45) is -1.40. The van der Waals surface area contributed by atoms with Crippen LogP contribution in [0.3, 0.4) is 0 Å². The predicted octanol–water partition coefficient (Wildman–Crippen LogP) is 5.77. The predicted molar refractivity (Wildman–Crippen MR) is 109 cm³/mol. The third kappa shape index (κ3) is 4.89. The lowest BCUT2D eigenvalue weighted by atomic mass is 9.78. The van der Waals surface area contributed by atoms with Crippen LogP contribution in [-0.2, 0) is 4.79 Å². The zero-order valence-electron chi connectivity index (χ0n) is 17.0. The van der Waals surface area contributed by atoms with Gasteiger partial charge in [-0.05, 0) is 82.2 Å². The first-order valence-corrected chi connectivity index (χ1v) is 10.5. The van der Waals surface area contributed by atoms with Crippen molar-refractivity contribution in [2.45, 2.75) is 70.1 Å². The second-order valence-electron chi connectivity index (χ2n) is 8.35. The van der Waals surface area contributed by atoms with Gasteiger partial charge in [-0.15, -0.1) is 0 Å². The monoisotopic (exact) mass is 442 g/mol. The topological polar surface area (TPSA) is 55.1 Å². The van der Waals surface area contributed by atoms with Gasteiger partial charge in [-0.25, -0.2) is 4.68 Å². The molecule has 1 aliphatic rings. The number of aryl methyl sites for hydroxylation is 1. The number of carbonyl (C=O) groups excluding carboxylic acids is 1. The zero-order valence-corrected chi connectivity index (χ0v) is 17.8. The minimum absolute atomic E-state index is 0.189. The van der Waals surface area contributed by atoms with E-state index in [0.29, 0.717) is 24.3 Å². The lowest BCUT2D eigenvalue weighted by molar-refractivity contribution is -0.244. The molecular formula is C22H26ClF3N2O2. The first kappa shape index (κ1) is 22.8. The Balaban J connectivity index is 1.55. The summed E-state index contributed by atoms with van der Waals surface area (Å²) >= 11 is 5.95. The molecule has 1 atom stereocenters. The smallest absolute Gasteiger partial charge is 0.374 e. The van der Waals surface area contributed by atoms with Crippen LogP contribution in [0.5, 0.6) is 0 Å². The largest absolute Gasteiger partial charge is 0.424 e. The van der Waals surface area contributed by atoms with Gasteiger partial charge in [0.15, 0.2) is 5.78 Å². The normalized spacial score (nSPS) is 22.0. The van der Waals surface area contributed by atoms with Crippen molar-refractivity contribution in [2.24, 2.45) is 5.92 Å². The molecule has 1 aromatic carbocycles. The average molecular weight is 443 g/mol. The van der Waals surface area contributed by atoms with Gasteiger partial charge < -0.3 is 5.11 Å². The lowest BCUT2D eigenvalue weighted by Gasteiger charge is -2.29. The standard InChI is InChI=1S/C22H26ClF3N2O2/c1-14-13-19(27-28(14)18-10-8-17(23)9-11-18)16-6-3-15(4-7-16)5-12-20(29)21(2,30)22(24,25)26/h8-11,13,15-16,30H,3-7,12H2,1-2H3/t15?,16?,21-/m1/s1. The summed E-state index contributed by atoms with van der Waals surface area (Å²) in [5, 5.41) is 14.9. The van der Waals surface area contributed by atoms with Gasteiger partial charge >= 0.3 is 6.18 Å². The van der Waals surface area contributed by atoms with E-state index >= 15 is 0 Å². The quantitative estimate of drug-likeness (QED) is 0.617. The molecule has 1 heterocycles. The van der Waals surface area contributed by atoms with Crippen LogP contribution in [0.1, 0.15) is 62.8 Å². The van der Waals surface area contributed by atoms with E-state index < -0.39 is 17.6 Å².